The number of pyridine rings is 2. The van der Waals surface area contributed by atoms with Crippen molar-refractivity contribution >= 4 is 53.9 Å². The average molecular weight is 659 g/mol. The molecule has 240 valence electrons. The van der Waals surface area contributed by atoms with E-state index in [0.717, 1.165) is 22.5 Å². The molecule has 0 aliphatic heterocycles. The summed E-state index contributed by atoms with van der Waals surface area (Å²) in [6.07, 6.45) is 3.82. The largest absolute Gasteiger partial charge is 0.256 e. The highest BCUT2D eigenvalue weighted by Gasteiger charge is 2.27. The van der Waals surface area contributed by atoms with Crippen LogP contribution in [0.2, 0.25) is 0 Å². The lowest BCUT2D eigenvalue weighted by atomic mass is 9.86. The summed E-state index contributed by atoms with van der Waals surface area (Å²) < 4.78 is 0. The van der Waals surface area contributed by atoms with Crippen LogP contribution >= 0.6 is 0 Å². The minimum Gasteiger partial charge on any atom is -0.256 e. The fourth-order valence-corrected chi connectivity index (χ4v) is 9.53. The maximum Gasteiger partial charge on any atom is 0.0708 e. The van der Waals surface area contributed by atoms with Gasteiger partial charge in [-0.25, -0.2) is 0 Å². The first-order valence-corrected chi connectivity index (χ1v) is 18.1. The highest BCUT2D eigenvalue weighted by atomic mass is 14.7. The van der Waals surface area contributed by atoms with E-state index in [-0.39, 0.29) is 0 Å². The van der Waals surface area contributed by atoms with E-state index in [1.807, 2.05) is 24.5 Å². The molecule has 2 heterocycles. The van der Waals surface area contributed by atoms with Crippen LogP contribution in [0.4, 0.5) is 0 Å². The highest BCUT2D eigenvalue weighted by Crippen LogP contribution is 2.54. The number of nitrogens with zero attached hydrogens (tertiary/aromatic N) is 2. The zero-order valence-electron chi connectivity index (χ0n) is 28.8. The van der Waals surface area contributed by atoms with Gasteiger partial charge in [-0.2, -0.15) is 0 Å². The lowest BCUT2D eigenvalue weighted by Gasteiger charge is -2.18. The summed E-state index contributed by atoms with van der Waals surface area (Å²) >= 11 is 0. The first-order valence-electron chi connectivity index (χ1n) is 18.1. The molecule has 2 aliphatic rings. The Kier molecular flexibility index (Phi) is 5.40. The summed E-state index contributed by atoms with van der Waals surface area (Å²) in [6.45, 7) is 4.43. The average Bonchev–Trinajstić information content (AvgIpc) is 3.66. The van der Waals surface area contributed by atoms with Crippen LogP contribution in [0.1, 0.15) is 11.1 Å². The van der Waals surface area contributed by atoms with Gasteiger partial charge in [0.15, 0.2) is 0 Å². The summed E-state index contributed by atoms with van der Waals surface area (Å²) in [4.78, 5) is 9.89. The third-order valence-electron chi connectivity index (χ3n) is 11.6. The maximum atomic E-state index is 4.95. The van der Waals surface area contributed by atoms with Crippen molar-refractivity contribution in [3.05, 3.63) is 157 Å². The molecule has 0 radical (unpaired) electrons. The summed E-state index contributed by atoms with van der Waals surface area (Å²) in [7, 11) is 0. The molecule has 0 saturated carbocycles. The van der Waals surface area contributed by atoms with Crippen molar-refractivity contribution in [2.24, 2.45) is 0 Å². The third-order valence-corrected chi connectivity index (χ3v) is 11.6. The molecule has 52 heavy (non-hydrogen) atoms. The molecule has 2 aliphatic carbocycles. The quantitative estimate of drug-likeness (QED) is 0.173. The van der Waals surface area contributed by atoms with Crippen LogP contribution in [-0.4, -0.2) is 9.97 Å². The van der Waals surface area contributed by atoms with Crippen molar-refractivity contribution in [2.75, 3.05) is 0 Å². The fourth-order valence-electron chi connectivity index (χ4n) is 9.53. The van der Waals surface area contributed by atoms with Crippen LogP contribution in [0.3, 0.4) is 0 Å². The van der Waals surface area contributed by atoms with E-state index >= 15 is 0 Å². The van der Waals surface area contributed by atoms with Crippen molar-refractivity contribution in [3.63, 3.8) is 0 Å². The summed E-state index contributed by atoms with van der Waals surface area (Å²) in [5.41, 5.74) is 17.3. The van der Waals surface area contributed by atoms with Crippen LogP contribution in [-0.2, 0) is 0 Å². The number of rotatable bonds is 2. The van der Waals surface area contributed by atoms with Crippen molar-refractivity contribution in [2.45, 2.75) is 13.8 Å². The van der Waals surface area contributed by atoms with Gasteiger partial charge in [-0.15, -0.1) is 0 Å². The smallest absolute Gasteiger partial charge is 0.0708 e. The second-order valence-corrected chi connectivity index (χ2v) is 14.7. The Morgan fingerprint density at radius 2 is 0.731 bits per heavy atom. The van der Waals surface area contributed by atoms with Gasteiger partial charge in [0.2, 0.25) is 0 Å². The second-order valence-electron chi connectivity index (χ2n) is 14.7. The minimum atomic E-state index is 0.981. The number of aromatic nitrogens is 2. The monoisotopic (exact) mass is 658 g/mol. The molecule has 2 heteroatoms. The van der Waals surface area contributed by atoms with Gasteiger partial charge in [-0.1, -0.05) is 72.8 Å². The molecule has 2 aromatic heterocycles. The van der Waals surface area contributed by atoms with Crippen LogP contribution in [0, 0.1) is 13.8 Å². The molecular formula is C50H30N2. The molecule has 0 saturated heterocycles. The molecule has 0 fully saturated rings. The summed E-state index contributed by atoms with van der Waals surface area (Å²) in [5.74, 6) is 0. The van der Waals surface area contributed by atoms with Gasteiger partial charge in [0.1, 0.15) is 0 Å². The molecule has 0 N–H and O–H groups in total. The maximum absolute atomic E-state index is 4.95. The van der Waals surface area contributed by atoms with E-state index < -0.39 is 0 Å². The zero-order chi connectivity index (χ0) is 34.2. The van der Waals surface area contributed by atoms with Crippen LogP contribution in [0.5, 0.6) is 0 Å². The van der Waals surface area contributed by atoms with Crippen molar-refractivity contribution in [3.8, 4) is 67.0 Å². The van der Waals surface area contributed by atoms with Gasteiger partial charge in [-0.05, 0) is 184 Å². The molecule has 0 bridgehead atoms. The molecule has 0 atom stereocenters. The van der Waals surface area contributed by atoms with Gasteiger partial charge < -0.3 is 0 Å². The Balaban J connectivity index is 1.27. The van der Waals surface area contributed by atoms with Gasteiger partial charge in [0, 0.05) is 23.5 Å². The lowest BCUT2D eigenvalue weighted by Crippen LogP contribution is -1.93. The molecule has 0 spiro atoms. The number of hydrogen-bond donors (Lipinski definition) is 0. The van der Waals surface area contributed by atoms with Gasteiger partial charge in [0.05, 0.1) is 11.4 Å². The van der Waals surface area contributed by atoms with Crippen LogP contribution in [0.15, 0.2) is 146 Å². The summed E-state index contributed by atoms with van der Waals surface area (Å²) in [6, 6.07) is 49.9. The van der Waals surface area contributed by atoms with Gasteiger partial charge in [-0.3, -0.25) is 9.97 Å². The Labute approximate surface area is 300 Å². The predicted octanol–water partition coefficient (Wildman–Crippen LogP) is 13.5. The normalized spacial score (nSPS) is 12.4. The molecule has 2 nitrogen and oxygen atoms in total. The Hall–Kier alpha value is -6.64. The van der Waals surface area contributed by atoms with Crippen LogP contribution < -0.4 is 0 Å². The Morgan fingerprint density at radius 3 is 1.21 bits per heavy atom. The SMILES string of the molecule is Cc1cc2c3c(cc(C)cc3c1)-c1cc3c(cc1-2)c(-c1ccccn1)cc1c2cc4c(cc2c(-c2ccccn2)cc31)-c1cccc2cccc-4c12. The standard InChI is InChI=1S/C50H30N2/c1-27-17-30-18-28(2)20-46-42-24-40-36(23-41(42)45(19-27)50(30)46)38-26-43(47-13-3-5-15-51-47)39-22-34-32-12-8-10-29-9-7-11-31(49(29)32)33(34)21-35(39)37(38)25-44(40)48-14-4-6-16-52-48/h3-26H,1-2H3. The van der Waals surface area contributed by atoms with E-state index in [0.29, 0.717) is 0 Å². The van der Waals surface area contributed by atoms with Crippen molar-refractivity contribution in [1.82, 2.24) is 9.97 Å². The van der Waals surface area contributed by atoms with Crippen molar-refractivity contribution < 1.29 is 0 Å². The van der Waals surface area contributed by atoms with E-state index in [1.54, 1.807) is 0 Å². The fraction of sp³-hybridized carbons (Fsp3) is 0.0400. The number of fused-ring (bicyclic) bond motifs is 11. The van der Waals surface area contributed by atoms with Crippen LogP contribution in [0.25, 0.3) is 121 Å². The first-order chi connectivity index (χ1) is 25.6. The molecule has 8 aromatic carbocycles. The van der Waals surface area contributed by atoms with E-state index in [2.05, 4.69) is 135 Å². The van der Waals surface area contributed by atoms with Gasteiger partial charge in [0.25, 0.3) is 0 Å². The Morgan fingerprint density at radius 1 is 0.308 bits per heavy atom. The van der Waals surface area contributed by atoms with E-state index in [9.17, 15) is 0 Å². The predicted molar refractivity (Wildman–Crippen MR) is 219 cm³/mol. The first kappa shape index (κ1) is 28.1. The second kappa shape index (κ2) is 9.99. The Bertz CT molecular complexity index is 3220. The number of hydrogen-bond acceptors (Lipinski definition) is 2. The molecule has 0 unspecified atom stereocenters. The molecule has 10 aromatic rings. The molecule has 12 rings (SSSR count). The lowest BCUT2D eigenvalue weighted by molar-refractivity contribution is 1.33. The number of aryl methyl sites for hydroxylation is 2. The van der Waals surface area contributed by atoms with E-state index in [4.69, 9.17) is 9.97 Å². The highest BCUT2D eigenvalue weighted by molar-refractivity contribution is 6.29. The molecule has 0 amide bonds. The third kappa shape index (κ3) is 3.68. The molecular weight excluding hydrogens is 629 g/mol. The van der Waals surface area contributed by atoms with Gasteiger partial charge >= 0.3 is 0 Å². The minimum absolute atomic E-state index is 0.981. The number of benzene rings is 8. The topological polar surface area (TPSA) is 25.8 Å². The van der Waals surface area contributed by atoms with Crippen molar-refractivity contribution in [1.29, 1.82) is 0 Å². The zero-order valence-corrected chi connectivity index (χ0v) is 28.8. The summed E-state index contributed by atoms with van der Waals surface area (Å²) in [5, 5.41) is 12.7. The van der Waals surface area contributed by atoms with E-state index in [1.165, 1.54) is 109 Å².